The van der Waals surface area contributed by atoms with Crippen molar-refractivity contribution in [2.24, 2.45) is 0 Å². The Bertz CT molecular complexity index is 372. The molecule has 0 heterocycles. The minimum Gasteiger partial charge on any atom is -0.398 e. The summed E-state index contributed by atoms with van der Waals surface area (Å²) in [5, 5.41) is 0. The summed E-state index contributed by atoms with van der Waals surface area (Å²) in [7, 11) is 0. The maximum atomic E-state index is 12.8. The highest BCUT2D eigenvalue weighted by Crippen LogP contribution is 2.35. The van der Waals surface area contributed by atoms with E-state index >= 15 is 0 Å². The molecule has 0 spiro atoms. The summed E-state index contributed by atoms with van der Waals surface area (Å²) in [6.07, 6.45) is -5.03. The third-order valence-corrected chi connectivity index (χ3v) is 1.63. The highest BCUT2D eigenvalue weighted by atomic mass is 19.4. The minimum atomic E-state index is -4.92. The van der Waals surface area contributed by atoms with E-state index in [1.165, 1.54) is 0 Å². The second-order valence-electron chi connectivity index (χ2n) is 2.54. The first-order valence-electron chi connectivity index (χ1n) is 3.48. The lowest BCUT2D eigenvalue weighted by molar-refractivity contribution is -0.140. The van der Waals surface area contributed by atoms with Crippen molar-refractivity contribution in [3.63, 3.8) is 0 Å². The number of carbonyl (C=O) groups is 1. The van der Waals surface area contributed by atoms with Crippen LogP contribution in [0.5, 0.6) is 0 Å². The monoisotopic (exact) mass is 207 g/mol. The smallest absolute Gasteiger partial charge is 0.398 e. The highest BCUT2D eigenvalue weighted by molar-refractivity contribution is 5.85. The van der Waals surface area contributed by atoms with E-state index < -0.39 is 28.8 Å². The highest BCUT2D eigenvalue weighted by Gasteiger charge is 2.37. The second kappa shape index (κ2) is 3.28. The Balaban J connectivity index is 3.53. The van der Waals surface area contributed by atoms with Crippen molar-refractivity contribution in [3.05, 3.63) is 29.1 Å². The molecule has 0 bridgehead atoms. The summed E-state index contributed by atoms with van der Waals surface area (Å²) >= 11 is 0. The predicted molar refractivity (Wildman–Crippen MR) is 41.2 cm³/mol. The van der Waals surface area contributed by atoms with Crippen molar-refractivity contribution in [3.8, 4) is 0 Å². The van der Waals surface area contributed by atoms with E-state index in [0.717, 1.165) is 6.07 Å². The van der Waals surface area contributed by atoms with Crippen LogP contribution in [0.1, 0.15) is 15.9 Å². The fourth-order valence-corrected chi connectivity index (χ4v) is 1.02. The zero-order valence-corrected chi connectivity index (χ0v) is 6.73. The van der Waals surface area contributed by atoms with E-state index in [-0.39, 0.29) is 6.29 Å². The SMILES string of the molecule is Nc1ccc(F)c(C(F)(F)F)c1C=O. The predicted octanol–water partition coefficient (Wildman–Crippen LogP) is 2.24. The molecule has 1 aromatic carbocycles. The van der Waals surface area contributed by atoms with Gasteiger partial charge in [0.25, 0.3) is 0 Å². The summed E-state index contributed by atoms with van der Waals surface area (Å²) in [6, 6.07) is 1.49. The Morgan fingerprint density at radius 1 is 1.29 bits per heavy atom. The van der Waals surface area contributed by atoms with Gasteiger partial charge in [-0.05, 0) is 12.1 Å². The van der Waals surface area contributed by atoms with Crippen molar-refractivity contribution < 1.29 is 22.4 Å². The molecule has 6 heteroatoms. The number of carbonyl (C=O) groups excluding carboxylic acids is 1. The number of nitrogen functional groups attached to an aromatic ring is 1. The molecular weight excluding hydrogens is 202 g/mol. The zero-order chi connectivity index (χ0) is 10.9. The van der Waals surface area contributed by atoms with E-state index in [0.29, 0.717) is 6.07 Å². The van der Waals surface area contributed by atoms with Gasteiger partial charge in [0, 0.05) is 5.69 Å². The number of hydrogen-bond donors (Lipinski definition) is 1. The molecular formula is C8H5F4NO. The molecule has 0 atom stereocenters. The van der Waals surface area contributed by atoms with Gasteiger partial charge in [-0.1, -0.05) is 0 Å². The van der Waals surface area contributed by atoms with Crippen LogP contribution in [0.4, 0.5) is 23.2 Å². The van der Waals surface area contributed by atoms with Crippen LogP contribution >= 0.6 is 0 Å². The third kappa shape index (κ3) is 1.68. The van der Waals surface area contributed by atoms with Gasteiger partial charge in [-0.3, -0.25) is 4.79 Å². The Morgan fingerprint density at radius 3 is 2.21 bits per heavy atom. The largest absolute Gasteiger partial charge is 0.419 e. The summed E-state index contributed by atoms with van der Waals surface area (Å²) in [6.45, 7) is 0. The molecule has 0 fully saturated rings. The first-order chi connectivity index (χ1) is 6.38. The number of aldehydes is 1. The summed E-state index contributed by atoms with van der Waals surface area (Å²) in [5.74, 6) is -1.51. The lowest BCUT2D eigenvalue weighted by atomic mass is 10.1. The lowest BCUT2D eigenvalue weighted by Crippen LogP contribution is -2.13. The number of alkyl halides is 3. The van der Waals surface area contributed by atoms with Gasteiger partial charge in [-0.2, -0.15) is 13.2 Å². The average Bonchev–Trinajstić information content (AvgIpc) is 2.06. The fourth-order valence-electron chi connectivity index (χ4n) is 1.02. The van der Waals surface area contributed by atoms with Crippen molar-refractivity contribution >= 4 is 12.0 Å². The number of anilines is 1. The molecule has 0 aliphatic heterocycles. The van der Waals surface area contributed by atoms with Gasteiger partial charge in [0.2, 0.25) is 0 Å². The van der Waals surface area contributed by atoms with Crippen LogP contribution in [0.3, 0.4) is 0 Å². The molecule has 2 nitrogen and oxygen atoms in total. The van der Waals surface area contributed by atoms with Gasteiger partial charge >= 0.3 is 6.18 Å². The minimum absolute atomic E-state index is 0.110. The summed E-state index contributed by atoms with van der Waals surface area (Å²) in [4.78, 5) is 10.3. The van der Waals surface area contributed by atoms with Crippen molar-refractivity contribution in [1.29, 1.82) is 0 Å². The topological polar surface area (TPSA) is 43.1 Å². The van der Waals surface area contributed by atoms with E-state index in [1.807, 2.05) is 0 Å². The van der Waals surface area contributed by atoms with Gasteiger partial charge in [0.15, 0.2) is 6.29 Å². The van der Waals surface area contributed by atoms with E-state index in [4.69, 9.17) is 5.73 Å². The van der Waals surface area contributed by atoms with Crippen LogP contribution in [-0.2, 0) is 6.18 Å². The molecule has 0 amide bonds. The average molecular weight is 207 g/mol. The van der Waals surface area contributed by atoms with Crippen LogP contribution in [0, 0.1) is 5.82 Å². The molecule has 1 aromatic rings. The molecule has 76 valence electrons. The van der Waals surface area contributed by atoms with Crippen LogP contribution in [-0.4, -0.2) is 6.29 Å². The van der Waals surface area contributed by atoms with Gasteiger partial charge in [0.1, 0.15) is 11.4 Å². The van der Waals surface area contributed by atoms with Crippen LogP contribution < -0.4 is 5.73 Å². The van der Waals surface area contributed by atoms with Gasteiger partial charge in [-0.25, -0.2) is 4.39 Å². The van der Waals surface area contributed by atoms with E-state index in [1.54, 1.807) is 0 Å². The Hall–Kier alpha value is -1.59. The Labute approximate surface area is 76.3 Å². The lowest BCUT2D eigenvalue weighted by Gasteiger charge is -2.11. The molecule has 2 N–H and O–H groups in total. The van der Waals surface area contributed by atoms with E-state index in [9.17, 15) is 22.4 Å². The molecule has 0 aromatic heterocycles. The van der Waals surface area contributed by atoms with Crippen LogP contribution in [0.25, 0.3) is 0 Å². The maximum Gasteiger partial charge on any atom is 0.419 e. The molecule has 0 radical (unpaired) electrons. The van der Waals surface area contributed by atoms with Gasteiger partial charge < -0.3 is 5.73 Å². The van der Waals surface area contributed by atoms with Crippen molar-refractivity contribution in [1.82, 2.24) is 0 Å². The van der Waals surface area contributed by atoms with E-state index in [2.05, 4.69) is 0 Å². The molecule has 0 unspecified atom stereocenters. The number of nitrogens with two attached hydrogens (primary N) is 1. The molecule has 0 aliphatic carbocycles. The first kappa shape index (κ1) is 10.5. The first-order valence-corrected chi connectivity index (χ1v) is 3.48. The third-order valence-electron chi connectivity index (χ3n) is 1.63. The number of hydrogen-bond acceptors (Lipinski definition) is 2. The summed E-state index contributed by atoms with van der Waals surface area (Å²) in [5.41, 5.74) is 2.22. The molecule has 1 rings (SSSR count). The van der Waals surface area contributed by atoms with Crippen LogP contribution in [0.2, 0.25) is 0 Å². The quantitative estimate of drug-likeness (QED) is 0.436. The van der Waals surface area contributed by atoms with Crippen molar-refractivity contribution in [2.45, 2.75) is 6.18 Å². The van der Waals surface area contributed by atoms with Gasteiger partial charge in [-0.15, -0.1) is 0 Å². The maximum absolute atomic E-state index is 12.8. The Morgan fingerprint density at radius 2 is 1.86 bits per heavy atom. The van der Waals surface area contributed by atoms with Crippen LogP contribution in [0.15, 0.2) is 12.1 Å². The number of rotatable bonds is 1. The van der Waals surface area contributed by atoms with Gasteiger partial charge in [0.05, 0.1) is 5.56 Å². The molecule has 0 aliphatic rings. The molecule has 0 saturated heterocycles. The van der Waals surface area contributed by atoms with Crippen molar-refractivity contribution in [2.75, 3.05) is 5.73 Å². The molecule has 0 saturated carbocycles. The zero-order valence-electron chi connectivity index (χ0n) is 6.73. The fraction of sp³-hybridized carbons (Fsp3) is 0.125. The second-order valence-corrected chi connectivity index (χ2v) is 2.54. The number of benzene rings is 1. The normalized spacial score (nSPS) is 11.4. The Kier molecular flexibility index (Phi) is 2.46. The molecule has 14 heavy (non-hydrogen) atoms. The standard InChI is InChI=1S/C8H5F4NO/c9-5-1-2-6(13)4(3-14)7(5)8(10,11)12/h1-3H,13H2. The number of halogens is 4. The summed E-state index contributed by atoms with van der Waals surface area (Å²) < 4.78 is 49.4.